The van der Waals surface area contributed by atoms with Crippen molar-refractivity contribution < 1.29 is 9.53 Å². The molecule has 1 aliphatic carbocycles. The summed E-state index contributed by atoms with van der Waals surface area (Å²) in [5, 5.41) is 0. The molecule has 1 aliphatic rings. The number of carbonyl (C=O) groups excluding carboxylic acids is 1. The molecule has 2 atom stereocenters. The van der Waals surface area contributed by atoms with Crippen molar-refractivity contribution in [3.63, 3.8) is 0 Å². The molecule has 0 bridgehead atoms. The molecule has 0 radical (unpaired) electrons. The number of hydrogen-bond acceptors (Lipinski definition) is 2. The first-order valence-corrected chi connectivity index (χ1v) is 9.34. The van der Waals surface area contributed by atoms with Gasteiger partial charge in [0.15, 0.2) is 0 Å². The molecule has 124 valence electrons. The molecule has 0 spiro atoms. The van der Waals surface area contributed by atoms with Crippen LogP contribution in [0.3, 0.4) is 0 Å². The van der Waals surface area contributed by atoms with Crippen LogP contribution in [0.25, 0.3) is 0 Å². The summed E-state index contributed by atoms with van der Waals surface area (Å²) in [5.74, 6) is 2.03. The monoisotopic (exact) mass is 296 g/mol. The van der Waals surface area contributed by atoms with Gasteiger partial charge in [-0.3, -0.25) is 4.79 Å². The molecule has 0 aromatic carbocycles. The maximum atomic E-state index is 11.0. The zero-order chi connectivity index (χ0) is 15.3. The molecule has 2 heteroatoms. The summed E-state index contributed by atoms with van der Waals surface area (Å²) in [4.78, 5) is 11.0. The van der Waals surface area contributed by atoms with Crippen LogP contribution in [0.2, 0.25) is 0 Å². The fourth-order valence-electron chi connectivity index (χ4n) is 3.91. The Hall–Kier alpha value is -0.530. The molecule has 0 unspecified atom stereocenters. The van der Waals surface area contributed by atoms with Crippen molar-refractivity contribution in [3.05, 3.63) is 0 Å². The standard InChI is InChI=1S/C19H36O2/c1-3-12-17-14-11-15-18(17)13-9-7-5-4-6-8-10-16-19(20)21-2/h17-18H,3-16H2,1-2H3/t17-,18-/m1/s1. The minimum atomic E-state index is -0.0619. The van der Waals surface area contributed by atoms with Crippen LogP contribution in [0.15, 0.2) is 0 Å². The van der Waals surface area contributed by atoms with Crippen LogP contribution in [0, 0.1) is 11.8 Å². The van der Waals surface area contributed by atoms with Gasteiger partial charge in [-0.1, -0.05) is 84.0 Å². The summed E-state index contributed by atoms with van der Waals surface area (Å²) in [6.07, 6.45) is 18.4. The predicted octanol–water partition coefficient (Wildman–Crippen LogP) is 5.89. The molecule has 21 heavy (non-hydrogen) atoms. The van der Waals surface area contributed by atoms with Crippen molar-refractivity contribution in [2.45, 2.75) is 96.8 Å². The van der Waals surface area contributed by atoms with Crippen molar-refractivity contribution in [1.82, 2.24) is 0 Å². The molecule has 0 saturated heterocycles. The molecule has 1 rings (SSSR count). The second kappa shape index (κ2) is 12.1. The van der Waals surface area contributed by atoms with E-state index in [4.69, 9.17) is 0 Å². The zero-order valence-electron chi connectivity index (χ0n) is 14.4. The molecule has 0 aromatic rings. The highest BCUT2D eigenvalue weighted by Crippen LogP contribution is 2.38. The lowest BCUT2D eigenvalue weighted by Crippen LogP contribution is -2.07. The van der Waals surface area contributed by atoms with Gasteiger partial charge in [0.25, 0.3) is 0 Å². The third-order valence-corrected chi connectivity index (χ3v) is 5.16. The molecule has 1 saturated carbocycles. The van der Waals surface area contributed by atoms with Crippen LogP contribution in [0.1, 0.15) is 96.8 Å². The van der Waals surface area contributed by atoms with E-state index in [1.807, 2.05) is 0 Å². The largest absolute Gasteiger partial charge is 0.469 e. The van der Waals surface area contributed by atoms with Crippen LogP contribution in [-0.4, -0.2) is 13.1 Å². The van der Waals surface area contributed by atoms with Gasteiger partial charge in [-0.25, -0.2) is 0 Å². The summed E-state index contributed by atoms with van der Waals surface area (Å²) >= 11 is 0. The first kappa shape index (κ1) is 18.5. The van der Waals surface area contributed by atoms with Crippen molar-refractivity contribution >= 4 is 5.97 Å². The average Bonchev–Trinajstić information content (AvgIpc) is 2.93. The lowest BCUT2D eigenvalue weighted by molar-refractivity contribution is -0.140. The Morgan fingerprint density at radius 1 is 0.905 bits per heavy atom. The number of methoxy groups -OCH3 is 1. The van der Waals surface area contributed by atoms with Crippen LogP contribution < -0.4 is 0 Å². The Kier molecular flexibility index (Phi) is 10.6. The topological polar surface area (TPSA) is 26.3 Å². The number of unbranched alkanes of at least 4 members (excludes halogenated alkanes) is 6. The smallest absolute Gasteiger partial charge is 0.305 e. The summed E-state index contributed by atoms with van der Waals surface area (Å²) in [6.45, 7) is 2.33. The fraction of sp³-hybridized carbons (Fsp3) is 0.947. The van der Waals surface area contributed by atoms with Gasteiger partial charge in [0.1, 0.15) is 0 Å². The van der Waals surface area contributed by atoms with E-state index in [1.165, 1.54) is 84.2 Å². The first-order chi connectivity index (χ1) is 10.3. The molecular formula is C19H36O2. The van der Waals surface area contributed by atoms with Crippen molar-refractivity contribution in [3.8, 4) is 0 Å². The molecule has 1 fully saturated rings. The maximum Gasteiger partial charge on any atom is 0.305 e. The van der Waals surface area contributed by atoms with Gasteiger partial charge in [0.2, 0.25) is 0 Å². The molecule has 0 aromatic heterocycles. The second-order valence-electron chi connectivity index (χ2n) is 6.83. The van der Waals surface area contributed by atoms with E-state index in [9.17, 15) is 4.79 Å². The Morgan fingerprint density at radius 3 is 2.10 bits per heavy atom. The minimum Gasteiger partial charge on any atom is -0.469 e. The summed E-state index contributed by atoms with van der Waals surface area (Å²) < 4.78 is 4.65. The Labute approximate surface area is 132 Å². The first-order valence-electron chi connectivity index (χ1n) is 9.34. The van der Waals surface area contributed by atoms with E-state index in [-0.39, 0.29) is 5.97 Å². The normalized spacial score (nSPS) is 21.6. The van der Waals surface area contributed by atoms with Gasteiger partial charge >= 0.3 is 5.97 Å². The van der Waals surface area contributed by atoms with E-state index in [2.05, 4.69) is 11.7 Å². The highest BCUT2D eigenvalue weighted by Gasteiger charge is 2.25. The number of ether oxygens (including phenoxy) is 1. The van der Waals surface area contributed by atoms with Gasteiger partial charge in [-0.05, 0) is 18.3 Å². The lowest BCUT2D eigenvalue weighted by atomic mass is 9.87. The second-order valence-corrected chi connectivity index (χ2v) is 6.83. The number of carbonyl (C=O) groups is 1. The van der Waals surface area contributed by atoms with Gasteiger partial charge in [0.05, 0.1) is 7.11 Å². The van der Waals surface area contributed by atoms with Crippen LogP contribution in [-0.2, 0) is 9.53 Å². The SMILES string of the molecule is CCC[C@@H]1CCC[C@H]1CCCCCCCCCC(=O)OC. The molecule has 0 heterocycles. The van der Waals surface area contributed by atoms with Gasteiger partial charge in [-0.15, -0.1) is 0 Å². The van der Waals surface area contributed by atoms with Crippen molar-refractivity contribution in [2.24, 2.45) is 11.8 Å². The van der Waals surface area contributed by atoms with Crippen molar-refractivity contribution in [1.29, 1.82) is 0 Å². The Morgan fingerprint density at radius 2 is 1.48 bits per heavy atom. The van der Waals surface area contributed by atoms with Gasteiger partial charge in [0, 0.05) is 6.42 Å². The predicted molar refractivity (Wildman–Crippen MR) is 89.3 cm³/mol. The summed E-state index contributed by atoms with van der Waals surface area (Å²) in [7, 11) is 1.47. The molecule has 0 amide bonds. The third-order valence-electron chi connectivity index (χ3n) is 5.16. The van der Waals surface area contributed by atoms with Gasteiger partial charge < -0.3 is 4.74 Å². The Balaban J connectivity index is 1.87. The molecular weight excluding hydrogens is 260 g/mol. The van der Waals surface area contributed by atoms with E-state index >= 15 is 0 Å². The summed E-state index contributed by atoms with van der Waals surface area (Å²) in [5.41, 5.74) is 0. The lowest BCUT2D eigenvalue weighted by Gasteiger charge is -2.18. The van der Waals surface area contributed by atoms with Gasteiger partial charge in [-0.2, -0.15) is 0 Å². The third kappa shape index (κ3) is 8.48. The van der Waals surface area contributed by atoms with E-state index in [1.54, 1.807) is 0 Å². The van der Waals surface area contributed by atoms with E-state index in [0.717, 1.165) is 18.3 Å². The maximum absolute atomic E-state index is 11.0. The highest BCUT2D eigenvalue weighted by molar-refractivity contribution is 5.68. The van der Waals surface area contributed by atoms with Crippen LogP contribution in [0.5, 0.6) is 0 Å². The average molecular weight is 296 g/mol. The van der Waals surface area contributed by atoms with E-state index < -0.39 is 0 Å². The number of hydrogen-bond donors (Lipinski definition) is 0. The summed E-state index contributed by atoms with van der Waals surface area (Å²) in [6, 6.07) is 0. The number of rotatable bonds is 12. The van der Waals surface area contributed by atoms with Crippen LogP contribution >= 0.6 is 0 Å². The van der Waals surface area contributed by atoms with Crippen LogP contribution in [0.4, 0.5) is 0 Å². The highest BCUT2D eigenvalue weighted by atomic mass is 16.5. The quantitative estimate of drug-likeness (QED) is 0.332. The fourth-order valence-corrected chi connectivity index (χ4v) is 3.91. The van der Waals surface area contributed by atoms with E-state index in [0.29, 0.717) is 6.42 Å². The number of esters is 1. The minimum absolute atomic E-state index is 0.0619. The molecule has 0 aliphatic heterocycles. The molecule has 0 N–H and O–H groups in total. The Bertz CT molecular complexity index is 262. The molecule has 2 nitrogen and oxygen atoms in total. The van der Waals surface area contributed by atoms with Crippen molar-refractivity contribution in [2.75, 3.05) is 7.11 Å². The zero-order valence-corrected chi connectivity index (χ0v) is 14.4.